The van der Waals surface area contributed by atoms with Crippen LogP contribution in [0.25, 0.3) is 22.9 Å². The van der Waals surface area contributed by atoms with Crippen LogP contribution in [0.1, 0.15) is 10.6 Å². The van der Waals surface area contributed by atoms with Gasteiger partial charge in [0.1, 0.15) is 22.6 Å². The van der Waals surface area contributed by atoms with Crippen molar-refractivity contribution in [2.24, 2.45) is 0 Å². The molecular weight excluding hydrogens is 403 g/mol. The molecule has 1 aromatic heterocycles. The minimum atomic E-state index is 0.430. The summed E-state index contributed by atoms with van der Waals surface area (Å²) < 4.78 is 10.6. The van der Waals surface area contributed by atoms with Crippen LogP contribution in [-0.2, 0) is 0 Å². The summed E-state index contributed by atoms with van der Waals surface area (Å²) in [5, 5.41) is 13.1. The van der Waals surface area contributed by atoms with Gasteiger partial charge in [-0.1, -0.05) is 23.2 Å². The predicted octanol–water partition coefficient (Wildman–Crippen LogP) is 6.20. The summed E-state index contributed by atoms with van der Waals surface area (Å²) in [7, 11) is 3.16. The van der Waals surface area contributed by atoms with E-state index < -0.39 is 0 Å². The Hall–Kier alpha value is -2.52. The highest BCUT2D eigenvalue weighted by atomic mass is 35.5. The van der Waals surface area contributed by atoms with Gasteiger partial charge in [-0.3, -0.25) is 0 Å². The number of allylic oxidation sites excluding steroid dienone is 1. The molecule has 0 saturated heterocycles. The lowest BCUT2D eigenvalue weighted by atomic mass is 10.1. The highest BCUT2D eigenvalue weighted by Crippen LogP contribution is 2.34. The fourth-order valence-corrected chi connectivity index (χ4v) is 3.74. The normalized spacial score (nSPS) is 11.1. The van der Waals surface area contributed by atoms with Gasteiger partial charge in [0, 0.05) is 27.6 Å². The number of methoxy groups -OCH3 is 2. The number of thiazole rings is 1. The number of nitrogens with zero attached hydrogens (tertiary/aromatic N) is 2. The van der Waals surface area contributed by atoms with Crippen LogP contribution in [0.5, 0.6) is 11.5 Å². The summed E-state index contributed by atoms with van der Waals surface area (Å²) in [6.07, 6.45) is 1.74. The first-order chi connectivity index (χ1) is 13.0. The quantitative estimate of drug-likeness (QED) is 0.464. The summed E-state index contributed by atoms with van der Waals surface area (Å²) in [4.78, 5) is 4.56. The molecule has 0 atom stereocenters. The summed E-state index contributed by atoms with van der Waals surface area (Å²) in [6.45, 7) is 0. The van der Waals surface area contributed by atoms with E-state index in [9.17, 15) is 5.26 Å². The Bertz CT molecular complexity index is 1050. The zero-order chi connectivity index (χ0) is 19.4. The Morgan fingerprint density at radius 3 is 2.63 bits per heavy atom. The molecule has 0 spiro atoms. The van der Waals surface area contributed by atoms with E-state index in [4.69, 9.17) is 32.7 Å². The fraction of sp³-hybridized carbons (Fsp3) is 0.100. The van der Waals surface area contributed by atoms with Crippen molar-refractivity contribution in [3.63, 3.8) is 0 Å². The summed E-state index contributed by atoms with van der Waals surface area (Å²) in [6, 6.07) is 12.8. The second-order valence-corrected chi connectivity index (χ2v) is 7.14. The number of rotatable bonds is 5. The van der Waals surface area contributed by atoms with Gasteiger partial charge < -0.3 is 9.47 Å². The topological polar surface area (TPSA) is 55.1 Å². The van der Waals surface area contributed by atoms with Crippen LogP contribution in [0.3, 0.4) is 0 Å². The molecule has 27 heavy (non-hydrogen) atoms. The lowest BCUT2D eigenvalue weighted by Gasteiger charge is -2.07. The average molecular weight is 417 g/mol. The van der Waals surface area contributed by atoms with Crippen molar-refractivity contribution >= 4 is 46.2 Å². The van der Waals surface area contributed by atoms with Crippen molar-refractivity contribution < 1.29 is 9.47 Å². The molecule has 1 heterocycles. The van der Waals surface area contributed by atoms with Gasteiger partial charge in [0.15, 0.2) is 0 Å². The predicted molar refractivity (Wildman–Crippen MR) is 111 cm³/mol. The van der Waals surface area contributed by atoms with E-state index in [2.05, 4.69) is 11.1 Å². The molecule has 0 unspecified atom stereocenters. The molecule has 7 heteroatoms. The summed E-state index contributed by atoms with van der Waals surface area (Å²) in [5.74, 6) is 1.29. The number of hydrogen-bond donors (Lipinski definition) is 0. The average Bonchev–Trinajstić information content (AvgIpc) is 3.15. The van der Waals surface area contributed by atoms with E-state index in [-0.39, 0.29) is 0 Å². The van der Waals surface area contributed by atoms with E-state index in [0.717, 1.165) is 11.1 Å². The van der Waals surface area contributed by atoms with Gasteiger partial charge in [-0.2, -0.15) is 5.26 Å². The van der Waals surface area contributed by atoms with E-state index >= 15 is 0 Å². The number of benzene rings is 2. The van der Waals surface area contributed by atoms with Gasteiger partial charge in [-0.05, 0) is 36.4 Å². The van der Waals surface area contributed by atoms with Crippen LogP contribution in [0, 0.1) is 11.3 Å². The van der Waals surface area contributed by atoms with E-state index in [1.807, 2.05) is 23.6 Å². The minimum Gasteiger partial charge on any atom is -0.497 e. The Morgan fingerprint density at radius 2 is 1.96 bits per heavy atom. The van der Waals surface area contributed by atoms with Crippen LogP contribution >= 0.6 is 34.5 Å². The third kappa shape index (κ3) is 4.25. The molecule has 0 aliphatic carbocycles. The molecular formula is C20H14Cl2N2O2S. The first-order valence-electron chi connectivity index (χ1n) is 7.81. The molecule has 3 rings (SSSR count). The minimum absolute atomic E-state index is 0.430. The third-order valence-corrected chi connectivity index (χ3v) is 5.23. The van der Waals surface area contributed by atoms with Crippen LogP contribution in [0.2, 0.25) is 10.0 Å². The summed E-state index contributed by atoms with van der Waals surface area (Å²) in [5.41, 5.74) is 2.65. The highest BCUT2D eigenvalue weighted by molar-refractivity contribution is 7.11. The van der Waals surface area contributed by atoms with Crippen LogP contribution < -0.4 is 9.47 Å². The van der Waals surface area contributed by atoms with Gasteiger partial charge in [-0.25, -0.2) is 4.98 Å². The summed E-state index contributed by atoms with van der Waals surface area (Å²) >= 11 is 13.6. The molecule has 0 N–H and O–H groups in total. The molecule has 0 saturated carbocycles. The van der Waals surface area contributed by atoms with E-state index in [1.165, 1.54) is 11.3 Å². The molecule has 136 valence electrons. The molecule has 0 bridgehead atoms. The van der Waals surface area contributed by atoms with Crippen molar-refractivity contribution in [2.75, 3.05) is 14.2 Å². The zero-order valence-corrected chi connectivity index (χ0v) is 16.8. The van der Waals surface area contributed by atoms with E-state index in [0.29, 0.717) is 37.8 Å². The Labute approximate surface area is 171 Å². The van der Waals surface area contributed by atoms with Crippen molar-refractivity contribution in [1.82, 2.24) is 4.98 Å². The largest absolute Gasteiger partial charge is 0.497 e. The zero-order valence-electron chi connectivity index (χ0n) is 14.5. The van der Waals surface area contributed by atoms with Gasteiger partial charge in [0.25, 0.3) is 0 Å². The van der Waals surface area contributed by atoms with Gasteiger partial charge >= 0.3 is 0 Å². The molecule has 4 nitrogen and oxygen atoms in total. The van der Waals surface area contributed by atoms with Crippen molar-refractivity contribution in [3.05, 3.63) is 62.4 Å². The fourth-order valence-electron chi connectivity index (χ4n) is 2.45. The monoisotopic (exact) mass is 416 g/mol. The van der Waals surface area contributed by atoms with Crippen molar-refractivity contribution in [3.8, 4) is 28.8 Å². The number of halogens is 2. The second kappa shape index (κ2) is 8.45. The molecule has 0 radical (unpaired) electrons. The molecule has 0 aliphatic heterocycles. The SMILES string of the molecule is COc1ccc(C=C(C#N)c2nc(-c3ccc(Cl)cc3Cl)cs2)c(OC)c1. The maximum absolute atomic E-state index is 9.62. The van der Waals surface area contributed by atoms with Crippen molar-refractivity contribution in [1.29, 1.82) is 5.26 Å². The number of hydrogen-bond acceptors (Lipinski definition) is 5. The van der Waals surface area contributed by atoms with Gasteiger partial charge in [0.05, 0.1) is 30.5 Å². The van der Waals surface area contributed by atoms with Crippen molar-refractivity contribution in [2.45, 2.75) is 0 Å². The lowest BCUT2D eigenvalue weighted by molar-refractivity contribution is 0.394. The highest BCUT2D eigenvalue weighted by Gasteiger charge is 2.13. The van der Waals surface area contributed by atoms with E-state index in [1.54, 1.807) is 38.5 Å². The smallest absolute Gasteiger partial charge is 0.134 e. The standard InChI is InChI=1S/C20H14Cl2N2O2S/c1-25-15-5-3-12(19(9-15)26-2)7-13(10-23)20-24-18(11-27-20)16-6-4-14(21)8-17(16)22/h3-9,11H,1-2H3. The Balaban J connectivity index is 1.99. The van der Waals surface area contributed by atoms with Crippen LogP contribution in [0.4, 0.5) is 0 Å². The lowest BCUT2D eigenvalue weighted by Crippen LogP contribution is -1.90. The molecule has 0 amide bonds. The number of ether oxygens (including phenoxy) is 2. The maximum Gasteiger partial charge on any atom is 0.134 e. The van der Waals surface area contributed by atoms with Crippen LogP contribution in [-0.4, -0.2) is 19.2 Å². The molecule has 0 fully saturated rings. The number of nitriles is 1. The Kier molecular flexibility index (Phi) is 6.02. The first-order valence-corrected chi connectivity index (χ1v) is 9.44. The molecule has 3 aromatic rings. The van der Waals surface area contributed by atoms with Crippen LogP contribution in [0.15, 0.2) is 41.8 Å². The van der Waals surface area contributed by atoms with Gasteiger partial charge in [-0.15, -0.1) is 11.3 Å². The first kappa shape index (κ1) is 19.2. The second-order valence-electron chi connectivity index (χ2n) is 5.44. The maximum atomic E-state index is 9.62. The molecule has 0 aliphatic rings. The molecule has 2 aromatic carbocycles. The van der Waals surface area contributed by atoms with Gasteiger partial charge in [0.2, 0.25) is 0 Å². The Morgan fingerprint density at radius 1 is 1.15 bits per heavy atom. The third-order valence-electron chi connectivity index (χ3n) is 3.80. The number of aromatic nitrogens is 1.